The van der Waals surface area contributed by atoms with Crippen LogP contribution in [-0.4, -0.2) is 31.4 Å². The predicted octanol–water partition coefficient (Wildman–Crippen LogP) is 5.83. The monoisotopic (exact) mass is 483 g/mol. The lowest BCUT2D eigenvalue weighted by Crippen LogP contribution is -2.48. The van der Waals surface area contributed by atoms with Crippen molar-refractivity contribution >= 4 is 0 Å². The van der Waals surface area contributed by atoms with Crippen molar-refractivity contribution in [1.29, 1.82) is 0 Å². The maximum absolute atomic E-state index is 13.7. The van der Waals surface area contributed by atoms with Gasteiger partial charge in [0.05, 0.1) is 11.8 Å². The van der Waals surface area contributed by atoms with Gasteiger partial charge in [0.2, 0.25) is 0 Å². The molecule has 0 aliphatic heterocycles. The maximum Gasteiger partial charge on any atom is 0.417 e. The Morgan fingerprint density at radius 3 is 2.18 bits per heavy atom. The first-order valence-corrected chi connectivity index (χ1v) is 11.1. The minimum absolute atomic E-state index is 0.0227. The van der Waals surface area contributed by atoms with Crippen molar-refractivity contribution in [2.24, 2.45) is 7.05 Å². The number of aromatic amines is 1. The van der Waals surface area contributed by atoms with Gasteiger partial charge in [-0.3, -0.25) is 0 Å². The zero-order valence-electron chi connectivity index (χ0n) is 18.4. The molecule has 0 radical (unpaired) electrons. The van der Waals surface area contributed by atoms with Gasteiger partial charge >= 0.3 is 12.1 Å². The van der Waals surface area contributed by atoms with Crippen LogP contribution in [0.3, 0.4) is 0 Å². The summed E-state index contributed by atoms with van der Waals surface area (Å²) in [4.78, 5) is 6.83. The first-order valence-electron chi connectivity index (χ1n) is 11.1. The number of fused-ring (bicyclic) bond motifs is 3. The van der Waals surface area contributed by atoms with Gasteiger partial charge in [-0.15, -0.1) is 10.2 Å². The van der Waals surface area contributed by atoms with Gasteiger partial charge in [0.25, 0.3) is 0 Å². The number of halogens is 6. The Labute approximate surface area is 191 Å². The van der Waals surface area contributed by atoms with E-state index in [1.54, 1.807) is 11.6 Å². The summed E-state index contributed by atoms with van der Waals surface area (Å²) in [5.41, 5.74) is -2.07. The van der Waals surface area contributed by atoms with Crippen LogP contribution in [0.4, 0.5) is 26.3 Å². The quantitative estimate of drug-likeness (QED) is 0.465. The zero-order valence-corrected chi connectivity index (χ0v) is 18.4. The average molecular weight is 483 g/mol. The predicted molar refractivity (Wildman–Crippen MR) is 111 cm³/mol. The second-order valence-electron chi connectivity index (χ2n) is 9.49. The molecule has 3 aliphatic rings. The first-order chi connectivity index (χ1) is 16.0. The molecular weight excluding hydrogens is 460 g/mol. The molecule has 34 heavy (non-hydrogen) atoms. The van der Waals surface area contributed by atoms with Crippen LogP contribution >= 0.6 is 0 Å². The van der Waals surface area contributed by atoms with Gasteiger partial charge in [-0.2, -0.15) is 22.0 Å². The summed E-state index contributed by atoms with van der Waals surface area (Å²) in [6.45, 7) is -1.79. The van der Waals surface area contributed by atoms with Gasteiger partial charge in [0.1, 0.15) is 17.3 Å². The molecule has 3 aromatic rings. The molecule has 0 saturated heterocycles. The summed E-state index contributed by atoms with van der Waals surface area (Å²) in [5.74, 6) is -2.36. The topological polar surface area (TPSA) is 59.4 Å². The van der Waals surface area contributed by atoms with E-state index in [1.165, 1.54) is 18.2 Å². The molecule has 11 heteroatoms. The molecule has 182 valence electrons. The molecule has 6 rings (SSSR count). The number of hydrogen-bond acceptors (Lipinski definition) is 3. The molecule has 1 N–H and O–H groups in total. The molecular formula is C23H23F6N5. The van der Waals surface area contributed by atoms with Crippen molar-refractivity contribution in [3.05, 3.63) is 53.4 Å². The second-order valence-corrected chi connectivity index (χ2v) is 9.49. The van der Waals surface area contributed by atoms with Gasteiger partial charge in [0.15, 0.2) is 12.5 Å². The number of rotatable bonds is 5. The van der Waals surface area contributed by atoms with E-state index in [2.05, 4.69) is 20.2 Å². The Bertz CT molecular complexity index is 1190. The Kier molecular flexibility index (Phi) is 5.11. The molecule has 0 amide bonds. The lowest BCUT2D eigenvalue weighted by molar-refractivity contribution is -0.137. The molecule has 2 heterocycles. The number of alkyl halides is 6. The number of hydrogen-bond donors (Lipinski definition) is 1. The van der Waals surface area contributed by atoms with E-state index in [0.29, 0.717) is 50.2 Å². The summed E-state index contributed by atoms with van der Waals surface area (Å²) in [5, 5.41) is 8.47. The lowest BCUT2D eigenvalue weighted by atomic mass is 9.53. The van der Waals surface area contributed by atoms with Crippen molar-refractivity contribution < 1.29 is 26.3 Å². The van der Waals surface area contributed by atoms with Crippen LogP contribution < -0.4 is 0 Å². The minimum atomic E-state index is -4.52. The van der Waals surface area contributed by atoms with Gasteiger partial charge in [-0.1, -0.05) is 18.2 Å². The molecule has 2 bridgehead atoms. The van der Waals surface area contributed by atoms with E-state index in [9.17, 15) is 26.3 Å². The third kappa shape index (κ3) is 3.42. The molecule has 3 aliphatic carbocycles. The Hall–Kier alpha value is -2.85. The lowest BCUT2D eigenvalue weighted by Gasteiger charge is -2.51. The number of imidazole rings is 1. The number of benzene rings is 1. The maximum atomic E-state index is 13.7. The van der Waals surface area contributed by atoms with Crippen LogP contribution in [0.25, 0.3) is 11.4 Å². The highest BCUT2D eigenvalue weighted by Crippen LogP contribution is 2.58. The molecule has 2 aromatic heterocycles. The van der Waals surface area contributed by atoms with Gasteiger partial charge in [0, 0.05) is 23.4 Å². The van der Waals surface area contributed by atoms with Crippen molar-refractivity contribution in [2.75, 3.05) is 6.67 Å². The van der Waals surface area contributed by atoms with E-state index in [-0.39, 0.29) is 16.8 Å². The Morgan fingerprint density at radius 1 is 0.941 bits per heavy atom. The smallest absolute Gasteiger partial charge is 0.340 e. The normalized spacial score (nSPS) is 25.1. The van der Waals surface area contributed by atoms with Crippen molar-refractivity contribution in [2.45, 2.75) is 61.5 Å². The van der Waals surface area contributed by atoms with Crippen LogP contribution in [0, 0.1) is 0 Å². The van der Waals surface area contributed by atoms with E-state index in [1.807, 2.05) is 0 Å². The first kappa shape index (κ1) is 22.9. The summed E-state index contributed by atoms with van der Waals surface area (Å²) >= 11 is 0. The minimum Gasteiger partial charge on any atom is -0.340 e. The van der Waals surface area contributed by atoms with Crippen molar-refractivity contribution in [3.8, 4) is 11.4 Å². The fourth-order valence-electron chi connectivity index (χ4n) is 5.68. The SMILES string of the molecule is Cn1c(-c2ccccc2C(F)(F)F)nnc1C12CCC(c3ncc(C(F)(F)CF)[nH]3)(CC1)CC2. The van der Waals surface area contributed by atoms with Crippen molar-refractivity contribution in [3.63, 3.8) is 0 Å². The van der Waals surface area contributed by atoms with Crippen LogP contribution in [0.15, 0.2) is 30.5 Å². The van der Waals surface area contributed by atoms with E-state index in [4.69, 9.17) is 0 Å². The van der Waals surface area contributed by atoms with Gasteiger partial charge < -0.3 is 9.55 Å². The summed E-state index contributed by atoms with van der Waals surface area (Å²) < 4.78 is 82.5. The average Bonchev–Trinajstić information content (AvgIpc) is 3.48. The van der Waals surface area contributed by atoms with Crippen LogP contribution in [0.5, 0.6) is 0 Å². The molecule has 3 saturated carbocycles. The highest BCUT2D eigenvalue weighted by atomic mass is 19.4. The fraction of sp³-hybridized carbons (Fsp3) is 0.522. The summed E-state index contributed by atoms with van der Waals surface area (Å²) in [6.07, 6.45) is 0.484. The van der Waals surface area contributed by atoms with Gasteiger partial charge in [-0.25, -0.2) is 9.37 Å². The Balaban J connectivity index is 1.43. The zero-order chi connectivity index (χ0) is 24.4. The third-order valence-electron chi connectivity index (χ3n) is 7.71. The van der Waals surface area contributed by atoms with E-state index in [0.717, 1.165) is 12.3 Å². The highest BCUT2D eigenvalue weighted by Gasteiger charge is 2.54. The molecule has 1 aromatic carbocycles. The standard InChI is InChI=1S/C23H23F6N5/c1-34-17(14-4-2-3-5-15(14)23(27,28)29)32-33-19(34)21-9-6-20(7-10-21,8-11-21)18-30-12-16(31-18)22(25,26)13-24/h2-5,12H,6-11,13H2,1H3,(H,30,31). The molecule has 3 fully saturated rings. The van der Waals surface area contributed by atoms with Crippen molar-refractivity contribution in [1.82, 2.24) is 24.7 Å². The van der Waals surface area contributed by atoms with E-state index >= 15 is 0 Å². The highest BCUT2D eigenvalue weighted by molar-refractivity contribution is 5.61. The number of nitrogens with one attached hydrogen (secondary N) is 1. The van der Waals surface area contributed by atoms with Crippen LogP contribution in [-0.2, 0) is 30.0 Å². The summed E-state index contributed by atoms with van der Waals surface area (Å²) in [7, 11) is 1.68. The third-order valence-corrected chi connectivity index (χ3v) is 7.71. The number of aromatic nitrogens is 5. The van der Waals surface area contributed by atoms with Crippen LogP contribution in [0.2, 0.25) is 0 Å². The molecule has 0 unspecified atom stereocenters. The molecule has 0 spiro atoms. The van der Waals surface area contributed by atoms with Crippen LogP contribution in [0.1, 0.15) is 61.4 Å². The van der Waals surface area contributed by atoms with Gasteiger partial charge in [-0.05, 0) is 44.6 Å². The number of nitrogens with zero attached hydrogens (tertiary/aromatic N) is 4. The second kappa shape index (κ2) is 7.58. The summed E-state index contributed by atoms with van der Waals surface area (Å²) in [6, 6.07) is 5.30. The Morgan fingerprint density at radius 2 is 1.56 bits per heavy atom. The fourth-order valence-corrected chi connectivity index (χ4v) is 5.68. The van der Waals surface area contributed by atoms with E-state index < -0.39 is 35.4 Å². The molecule has 5 nitrogen and oxygen atoms in total. The largest absolute Gasteiger partial charge is 0.417 e. The molecule has 0 atom stereocenters. The number of H-pyrrole nitrogens is 1.